The van der Waals surface area contributed by atoms with Crippen molar-refractivity contribution in [3.05, 3.63) is 59.8 Å². The molecule has 0 saturated carbocycles. The Morgan fingerprint density at radius 1 is 0.957 bits per heavy atom. The summed E-state index contributed by atoms with van der Waals surface area (Å²) in [5.74, 6) is 0.933. The molecule has 4 nitrogen and oxygen atoms in total. The lowest BCUT2D eigenvalue weighted by Gasteiger charge is -1.97. The van der Waals surface area contributed by atoms with Gasteiger partial charge in [0.2, 0.25) is 11.8 Å². The minimum absolute atomic E-state index is 0.430. The van der Waals surface area contributed by atoms with Crippen molar-refractivity contribution in [3.63, 3.8) is 0 Å². The van der Waals surface area contributed by atoms with Crippen LogP contribution in [0.5, 0.6) is 0 Å². The van der Waals surface area contributed by atoms with E-state index in [4.69, 9.17) is 16.0 Å². The molecule has 23 heavy (non-hydrogen) atoms. The normalized spacial score (nSPS) is 11.2. The minimum atomic E-state index is 0.430. The standard InChI is InChI=1S/C18H14ClN3O/c1-2-22-11-14(12-7-4-6-10-16(12)22)18-21-20-17(23-18)13-8-3-5-9-15(13)19/h3-11H,2H2,1H3. The molecule has 0 unspecified atom stereocenters. The minimum Gasteiger partial charge on any atom is -0.416 e. The Morgan fingerprint density at radius 2 is 1.65 bits per heavy atom. The van der Waals surface area contributed by atoms with Crippen molar-refractivity contribution in [2.24, 2.45) is 0 Å². The van der Waals surface area contributed by atoms with Gasteiger partial charge in [0.15, 0.2) is 0 Å². The molecule has 0 spiro atoms. The molecule has 0 fully saturated rings. The Kier molecular flexibility index (Phi) is 3.39. The smallest absolute Gasteiger partial charge is 0.250 e. The van der Waals surface area contributed by atoms with Gasteiger partial charge >= 0.3 is 0 Å². The van der Waals surface area contributed by atoms with E-state index in [1.54, 1.807) is 0 Å². The highest BCUT2D eigenvalue weighted by Gasteiger charge is 2.17. The van der Waals surface area contributed by atoms with Crippen LogP contribution in [-0.2, 0) is 6.54 Å². The van der Waals surface area contributed by atoms with Crippen LogP contribution in [0.4, 0.5) is 0 Å². The third kappa shape index (κ3) is 2.32. The van der Waals surface area contributed by atoms with E-state index in [9.17, 15) is 0 Å². The van der Waals surface area contributed by atoms with Crippen LogP contribution in [0.15, 0.2) is 59.1 Å². The number of benzene rings is 2. The fourth-order valence-electron chi connectivity index (χ4n) is 2.75. The lowest BCUT2D eigenvalue weighted by atomic mass is 10.2. The average Bonchev–Trinajstić information content (AvgIpc) is 3.19. The summed E-state index contributed by atoms with van der Waals surface area (Å²) in [7, 11) is 0. The number of para-hydroxylation sites is 1. The van der Waals surface area contributed by atoms with Gasteiger partial charge in [0.25, 0.3) is 0 Å². The first-order valence-electron chi connectivity index (χ1n) is 7.44. The van der Waals surface area contributed by atoms with Crippen molar-refractivity contribution in [3.8, 4) is 22.9 Å². The van der Waals surface area contributed by atoms with Crippen molar-refractivity contribution in [1.29, 1.82) is 0 Å². The van der Waals surface area contributed by atoms with Crippen LogP contribution in [0.2, 0.25) is 5.02 Å². The van der Waals surface area contributed by atoms with Gasteiger partial charge in [-0.3, -0.25) is 0 Å². The third-order valence-corrected chi connectivity index (χ3v) is 4.22. The van der Waals surface area contributed by atoms with Gasteiger partial charge in [-0.15, -0.1) is 10.2 Å². The number of hydrogen-bond acceptors (Lipinski definition) is 3. The fraction of sp³-hybridized carbons (Fsp3) is 0.111. The van der Waals surface area contributed by atoms with Crippen LogP contribution >= 0.6 is 11.6 Å². The largest absolute Gasteiger partial charge is 0.416 e. The second kappa shape index (κ2) is 5.56. The van der Waals surface area contributed by atoms with E-state index in [0.717, 1.165) is 28.6 Å². The Hall–Kier alpha value is -2.59. The maximum atomic E-state index is 6.20. The number of fused-ring (bicyclic) bond motifs is 1. The highest BCUT2D eigenvalue weighted by molar-refractivity contribution is 6.33. The van der Waals surface area contributed by atoms with Gasteiger partial charge in [0.05, 0.1) is 16.1 Å². The zero-order valence-electron chi connectivity index (χ0n) is 12.5. The summed E-state index contributed by atoms with van der Waals surface area (Å²) < 4.78 is 8.05. The molecule has 0 bridgehead atoms. The second-order valence-electron chi connectivity index (χ2n) is 5.24. The van der Waals surface area contributed by atoms with E-state index in [1.807, 2.05) is 36.4 Å². The molecule has 0 aliphatic rings. The second-order valence-corrected chi connectivity index (χ2v) is 5.65. The zero-order valence-corrected chi connectivity index (χ0v) is 13.3. The number of aryl methyl sites for hydroxylation is 1. The molecule has 5 heteroatoms. The Morgan fingerprint density at radius 3 is 2.43 bits per heavy atom. The first kappa shape index (κ1) is 14.0. The van der Waals surface area contributed by atoms with E-state index >= 15 is 0 Å². The molecule has 0 saturated heterocycles. The molecule has 0 atom stereocenters. The van der Waals surface area contributed by atoms with Crippen LogP contribution < -0.4 is 0 Å². The van der Waals surface area contributed by atoms with Crippen LogP contribution in [0.3, 0.4) is 0 Å². The molecule has 0 amide bonds. The molecule has 0 radical (unpaired) electrons. The molecule has 0 N–H and O–H groups in total. The summed E-state index contributed by atoms with van der Waals surface area (Å²) in [5, 5.41) is 10.1. The lowest BCUT2D eigenvalue weighted by molar-refractivity contribution is 0.585. The number of hydrogen-bond donors (Lipinski definition) is 0. The maximum absolute atomic E-state index is 6.20. The van der Waals surface area contributed by atoms with Crippen molar-refractivity contribution in [2.75, 3.05) is 0 Å². The predicted molar refractivity (Wildman–Crippen MR) is 91.4 cm³/mol. The Bertz CT molecular complexity index is 987. The van der Waals surface area contributed by atoms with Crippen molar-refractivity contribution < 1.29 is 4.42 Å². The van der Waals surface area contributed by atoms with Gasteiger partial charge in [0, 0.05) is 23.6 Å². The van der Waals surface area contributed by atoms with E-state index < -0.39 is 0 Å². The summed E-state index contributed by atoms with van der Waals surface area (Å²) in [6.45, 7) is 2.99. The van der Waals surface area contributed by atoms with Crippen molar-refractivity contribution in [1.82, 2.24) is 14.8 Å². The molecule has 2 aromatic carbocycles. The third-order valence-electron chi connectivity index (χ3n) is 3.89. The number of nitrogens with zero attached hydrogens (tertiary/aromatic N) is 3. The molecular weight excluding hydrogens is 310 g/mol. The van der Waals surface area contributed by atoms with Gasteiger partial charge in [-0.05, 0) is 25.1 Å². The number of rotatable bonds is 3. The quantitative estimate of drug-likeness (QED) is 0.531. The van der Waals surface area contributed by atoms with Gasteiger partial charge < -0.3 is 8.98 Å². The topological polar surface area (TPSA) is 43.9 Å². The highest BCUT2D eigenvalue weighted by Crippen LogP contribution is 2.33. The Balaban J connectivity index is 1.86. The number of halogens is 1. The van der Waals surface area contributed by atoms with E-state index in [0.29, 0.717) is 16.8 Å². The van der Waals surface area contributed by atoms with Crippen LogP contribution in [0, 0.1) is 0 Å². The van der Waals surface area contributed by atoms with E-state index in [1.165, 1.54) is 0 Å². The highest BCUT2D eigenvalue weighted by atomic mass is 35.5. The average molecular weight is 324 g/mol. The number of aromatic nitrogens is 3. The molecule has 4 aromatic rings. The summed E-state index contributed by atoms with van der Waals surface area (Å²) in [5.41, 5.74) is 2.84. The van der Waals surface area contributed by atoms with Crippen LogP contribution in [-0.4, -0.2) is 14.8 Å². The molecule has 114 valence electrons. The first-order chi connectivity index (χ1) is 11.3. The summed E-state index contributed by atoms with van der Waals surface area (Å²) in [6, 6.07) is 15.6. The lowest BCUT2D eigenvalue weighted by Crippen LogP contribution is -1.89. The van der Waals surface area contributed by atoms with Crippen molar-refractivity contribution in [2.45, 2.75) is 13.5 Å². The predicted octanol–water partition coefficient (Wildman–Crippen LogP) is 5.03. The first-order valence-corrected chi connectivity index (χ1v) is 7.82. The van der Waals surface area contributed by atoms with Gasteiger partial charge in [-0.25, -0.2) is 0 Å². The molecule has 2 aromatic heterocycles. The van der Waals surface area contributed by atoms with Gasteiger partial charge in [-0.1, -0.05) is 41.9 Å². The van der Waals surface area contributed by atoms with E-state index in [2.05, 4.69) is 40.0 Å². The Labute approximate surface area is 138 Å². The molecule has 4 rings (SSSR count). The van der Waals surface area contributed by atoms with E-state index in [-0.39, 0.29) is 0 Å². The summed E-state index contributed by atoms with van der Waals surface area (Å²) >= 11 is 6.20. The summed E-state index contributed by atoms with van der Waals surface area (Å²) in [4.78, 5) is 0. The van der Waals surface area contributed by atoms with Gasteiger partial charge in [-0.2, -0.15) is 0 Å². The molecule has 0 aliphatic carbocycles. The van der Waals surface area contributed by atoms with Crippen LogP contribution in [0.25, 0.3) is 33.8 Å². The van der Waals surface area contributed by atoms with Crippen LogP contribution in [0.1, 0.15) is 6.92 Å². The monoisotopic (exact) mass is 323 g/mol. The summed E-state index contributed by atoms with van der Waals surface area (Å²) in [6.07, 6.45) is 2.05. The maximum Gasteiger partial charge on any atom is 0.250 e. The molecule has 0 aliphatic heterocycles. The zero-order chi connectivity index (χ0) is 15.8. The van der Waals surface area contributed by atoms with Gasteiger partial charge in [0.1, 0.15) is 0 Å². The van der Waals surface area contributed by atoms with Crippen molar-refractivity contribution >= 4 is 22.5 Å². The molecule has 2 heterocycles. The fourth-order valence-corrected chi connectivity index (χ4v) is 2.97. The SMILES string of the molecule is CCn1cc(-c2nnc(-c3ccccc3Cl)o2)c2ccccc21. The molecular formula is C18H14ClN3O.